The second-order valence-corrected chi connectivity index (χ2v) is 10.1. The summed E-state index contributed by atoms with van der Waals surface area (Å²) in [4.78, 5) is 11.3. The molecule has 2 fully saturated rings. The van der Waals surface area contributed by atoms with Crippen molar-refractivity contribution in [3.63, 3.8) is 0 Å². The molecule has 2 aliphatic rings. The first-order valence-electron chi connectivity index (χ1n) is 10.5. The minimum Gasteiger partial charge on any atom is -0.491 e. The lowest BCUT2D eigenvalue weighted by molar-refractivity contribution is -0.119. The minimum absolute atomic E-state index is 0.0597. The predicted octanol–water partition coefficient (Wildman–Crippen LogP) is 3.57. The van der Waals surface area contributed by atoms with Crippen LogP contribution in [-0.4, -0.2) is 37.8 Å². The molecule has 0 saturated carbocycles. The van der Waals surface area contributed by atoms with Crippen molar-refractivity contribution in [2.24, 2.45) is 0 Å². The zero-order valence-corrected chi connectivity index (χ0v) is 18.0. The van der Waals surface area contributed by atoms with Crippen molar-refractivity contribution in [3.05, 3.63) is 65.7 Å². The normalized spacial score (nSPS) is 24.9. The number of benzene rings is 2. The van der Waals surface area contributed by atoms with E-state index in [2.05, 4.69) is 5.32 Å². The van der Waals surface area contributed by atoms with E-state index in [4.69, 9.17) is 4.74 Å². The first-order valence-corrected chi connectivity index (χ1v) is 12.0. The zero-order chi connectivity index (χ0) is 21.1. The van der Waals surface area contributed by atoms with Gasteiger partial charge in [0.15, 0.2) is 0 Å². The molecule has 6 nitrogen and oxygen atoms in total. The standard InChI is InChI=1S/C23H28N2O4S/c1-17(18-9-12-21(13-10-18)29-16-20-11-14-23(26)24-20)25-15-5-8-22(30(25,27)28)19-6-3-2-4-7-19/h2-4,6-7,9-10,12-13,17,20,22H,5,8,11,14-16H2,1H3,(H,24,26)/t17?,20-,22?/m1/s1. The third-order valence-electron chi connectivity index (χ3n) is 6.03. The summed E-state index contributed by atoms with van der Waals surface area (Å²) in [5.41, 5.74) is 1.80. The molecule has 30 heavy (non-hydrogen) atoms. The number of nitrogens with one attached hydrogen (secondary N) is 1. The van der Waals surface area contributed by atoms with Crippen molar-refractivity contribution in [3.8, 4) is 5.75 Å². The summed E-state index contributed by atoms with van der Waals surface area (Å²) < 4.78 is 34.1. The summed E-state index contributed by atoms with van der Waals surface area (Å²) in [6, 6.07) is 16.9. The van der Waals surface area contributed by atoms with Crippen LogP contribution in [0.3, 0.4) is 0 Å². The fraction of sp³-hybridized carbons (Fsp3) is 0.435. The van der Waals surface area contributed by atoms with Crippen molar-refractivity contribution < 1.29 is 17.9 Å². The van der Waals surface area contributed by atoms with Crippen molar-refractivity contribution in [2.75, 3.05) is 13.2 Å². The Hall–Kier alpha value is -2.38. The monoisotopic (exact) mass is 428 g/mol. The molecule has 2 heterocycles. The highest BCUT2D eigenvalue weighted by Crippen LogP contribution is 2.39. The lowest BCUT2D eigenvalue weighted by atomic mass is 10.1. The third kappa shape index (κ3) is 4.37. The van der Waals surface area contributed by atoms with Gasteiger partial charge in [0.05, 0.1) is 6.04 Å². The number of sulfonamides is 1. The maximum absolute atomic E-state index is 13.3. The van der Waals surface area contributed by atoms with Crippen molar-refractivity contribution in [2.45, 2.75) is 49.9 Å². The highest BCUT2D eigenvalue weighted by molar-refractivity contribution is 7.89. The Morgan fingerprint density at radius 1 is 1.10 bits per heavy atom. The maximum atomic E-state index is 13.3. The molecule has 3 atom stereocenters. The number of rotatable bonds is 6. The van der Waals surface area contributed by atoms with Crippen LogP contribution in [0.1, 0.15) is 55.0 Å². The Kier molecular flexibility index (Phi) is 6.11. The SMILES string of the molecule is CC(c1ccc(OC[C@H]2CCC(=O)N2)cc1)N1CCCC(c2ccccc2)S1(=O)=O. The number of hydrogen-bond donors (Lipinski definition) is 1. The van der Waals surface area contributed by atoms with Gasteiger partial charge in [0.25, 0.3) is 0 Å². The molecular formula is C23H28N2O4S. The lowest BCUT2D eigenvalue weighted by Gasteiger charge is -2.36. The van der Waals surface area contributed by atoms with Crippen LogP contribution in [0.2, 0.25) is 0 Å². The molecule has 160 valence electrons. The van der Waals surface area contributed by atoms with E-state index in [1.165, 1.54) is 0 Å². The summed E-state index contributed by atoms with van der Waals surface area (Å²) in [6.07, 6.45) is 2.85. The number of ether oxygens (including phenoxy) is 1. The lowest BCUT2D eigenvalue weighted by Crippen LogP contribution is -2.41. The summed E-state index contributed by atoms with van der Waals surface area (Å²) in [5, 5.41) is 2.40. The molecule has 4 rings (SSSR count). The van der Waals surface area contributed by atoms with E-state index in [0.717, 1.165) is 29.7 Å². The van der Waals surface area contributed by atoms with Gasteiger partial charge in [0, 0.05) is 19.0 Å². The van der Waals surface area contributed by atoms with Gasteiger partial charge in [-0.1, -0.05) is 42.5 Å². The van der Waals surface area contributed by atoms with E-state index in [1.54, 1.807) is 4.31 Å². The van der Waals surface area contributed by atoms with Gasteiger partial charge in [0.1, 0.15) is 17.6 Å². The predicted molar refractivity (Wildman–Crippen MR) is 116 cm³/mol. The van der Waals surface area contributed by atoms with Gasteiger partial charge in [-0.25, -0.2) is 8.42 Å². The fourth-order valence-electron chi connectivity index (χ4n) is 4.30. The van der Waals surface area contributed by atoms with E-state index in [1.807, 2.05) is 61.5 Å². The average Bonchev–Trinajstić information content (AvgIpc) is 3.17. The molecule has 0 radical (unpaired) electrons. The van der Waals surface area contributed by atoms with Crippen LogP contribution in [0, 0.1) is 0 Å². The highest BCUT2D eigenvalue weighted by atomic mass is 32.2. The number of carbonyl (C=O) groups is 1. The Labute approximate surface area is 178 Å². The largest absolute Gasteiger partial charge is 0.491 e. The van der Waals surface area contributed by atoms with Gasteiger partial charge in [-0.2, -0.15) is 4.31 Å². The Balaban J connectivity index is 1.44. The molecule has 2 aliphatic heterocycles. The molecule has 0 spiro atoms. The van der Waals surface area contributed by atoms with Gasteiger partial charge in [-0.3, -0.25) is 4.79 Å². The Bertz CT molecular complexity index is 976. The first-order chi connectivity index (χ1) is 14.4. The van der Waals surface area contributed by atoms with Crippen molar-refractivity contribution >= 4 is 15.9 Å². The van der Waals surface area contributed by atoms with Gasteiger partial charge in [0.2, 0.25) is 15.9 Å². The smallest absolute Gasteiger partial charge is 0.221 e. The summed E-state index contributed by atoms with van der Waals surface area (Å²) in [5.74, 6) is 0.792. The molecule has 1 N–H and O–H groups in total. The maximum Gasteiger partial charge on any atom is 0.221 e. The number of amides is 1. The van der Waals surface area contributed by atoms with Gasteiger partial charge >= 0.3 is 0 Å². The molecule has 2 unspecified atom stereocenters. The second kappa shape index (κ2) is 8.78. The second-order valence-electron chi connectivity index (χ2n) is 8.06. The van der Waals surface area contributed by atoms with E-state index < -0.39 is 15.3 Å². The van der Waals surface area contributed by atoms with Crippen molar-refractivity contribution in [1.82, 2.24) is 9.62 Å². The number of carbonyl (C=O) groups excluding carboxylic acids is 1. The van der Waals surface area contributed by atoms with Crippen molar-refractivity contribution in [1.29, 1.82) is 0 Å². The quantitative estimate of drug-likeness (QED) is 0.763. The number of hydrogen-bond acceptors (Lipinski definition) is 4. The first kappa shape index (κ1) is 20.9. The minimum atomic E-state index is -3.44. The Morgan fingerprint density at radius 2 is 1.83 bits per heavy atom. The van der Waals surface area contributed by atoms with Crippen LogP contribution in [0.25, 0.3) is 0 Å². The van der Waals surface area contributed by atoms with E-state index in [-0.39, 0.29) is 18.0 Å². The topological polar surface area (TPSA) is 75.7 Å². The molecule has 7 heteroatoms. The van der Waals surface area contributed by atoms with Crippen LogP contribution >= 0.6 is 0 Å². The molecule has 2 saturated heterocycles. The third-order valence-corrected chi connectivity index (χ3v) is 8.41. The highest BCUT2D eigenvalue weighted by Gasteiger charge is 2.39. The molecule has 1 amide bonds. The van der Waals surface area contributed by atoms with E-state index in [0.29, 0.717) is 26.0 Å². The van der Waals surface area contributed by atoms with Gasteiger partial charge < -0.3 is 10.1 Å². The Morgan fingerprint density at radius 3 is 2.50 bits per heavy atom. The molecule has 0 aromatic heterocycles. The van der Waals surface area contributed by atoms with E-state index >= 15 is 0 Å². The zero-order valence-electron chi connectivity index (χ0n) is 17.2. The van der Waals surface area contributed by atoms with Crippen LogP contribution in [0.15, 0.2) is 54.6 Å². The summed E-state index contributed by atoms with van der Waals surface area (Å²) in [6.45, 7) is 2.92. The van der Waals surface area contributed by atoms with Crippen LogP contribution in [0.4, 0.5) is 0 Å². The van der Waals surface area contributed by atoms with Crippen LogP contribution in [-0.2, 0) is 14.8 Å². The molecule has 2 aromatic rings. The molecule has 0 aliphatic carbocycles. The summed E-state index contributed by atoms with van der Waals surface area (Å²) in [7, 11) is -3.44. The average molecular weight is 429 g/mol. The van der Waals surface area contributed by atoms with Gasteiger partial charge in [-0.05, 0) is 49.4 Å². The van der Waals surface area contributed by atoms with E-state index in [9.17, 15) is 13.2 Å². The molecule has 2 aromatic carbocycles. The molecular weight excluding hydrogens is 400 g/mol. The van der Waals surface area contributed by atoms with Crippen LogP contribution < -0.4 is 10.1 Å². The molecule has 0 bridgehead atoms. The number of nitrogens with zero attached hydrogens (tertiary/aromatic N) is 1. The van der Waals surface area contributed by atoms with Gasteiger partial charge in [-0.15, -0.1) is 0 Å². The fourth-order valence-corrected chi connectivity index (χ4v) is 6.54. The van der Waals surface area contributed by atoms with Crippen LogP contribution in [0.5, 0.6) is 5.75 Å². The summed E-state index contributed by atoms with van der Waals surface area (Å²) >= 11 is 0.